The van der Waals surface area contributed by atoms with Crippen molar-refractivity contribution in [1.29, 1.82) is 0 Å². The molecule has 0 atom stereocenters. The minimum absolute atomic E-state index is 0.344. The van der Waals surface area contributed by atoms with Crippen LogP contribution in [-0.4, -0.2) is 9.97 Å². The number of halogens is 2. The zero-order valence-electron chi connectivity index (χ0n) is 11.5. The normalized spacial score (nSPS) is 27.1. The molecule has 5 heteroatoms. The minimum Gasteiger partial charge on any atom is -0.340 e. The van der Waals surface area contributed by atoms with Crippen molar-refractivity contribution in [2.75, 3.05) is 0 Å². The van der Waals surface area contributed by atoms with Gasteiger partial charge in [-0.15, -0.1) is 0 Å². The van der Waals surface area contributed by atoms with E-state index in [4.69, 9.17) is 28.9 Å². The van der Waals surface area contributed by atoms with E-state index < -0.39 is 0 Å². The van der Waals surface area contributed by atoms with Crippen molar-refractivity contribution in [2.24, 2.45) is 11.7 Å². The van der Waals surface area contributed by atoms with E-state index in [1.807, 2.05) is 6.07 Å². The van der Waals surface area contributed by atoms with E-state index in [0.717, 1.165) is 35.6 Å². The van der Waals surface area contributed by atoms with Gasteiger partial charge in [0.05, 0.1) is 26.6 Å². The third-order valence-electron chi connectivity index (χ3n) is 4.57. The number of rotatable bonds is 2. The van der Waals surface area contributed by atoms with Gasteiger partial charge in [-0.25, -0.2) is 4.98 Å². The summed E-state index contributed by atoms with van der Waals surface area (Å²) in [7, 11) is 0. The summed E-state index contributed by atoms with van der Waals surface area (Å²) in [6.45, 7) is 2.25. The van der Waals surface area contributed by atoms with Gasteiger partial charge in [0.25, 0.3) is 0 Å². The highest BCUT2D eigenvalue weighted by Gasteiger charge is 2.35. The molecule has 108 valence electrons. The average molecular weight is 312 g/mol. The van der Waals surface area contributed by atoms with Gasteiger partial charge in [0.2, 0.25) is 0 Å². The maximum absolute atomic E-state index is 6.58. The summed E-state index contributed by atoms with van der Waals surface area (Å²) >= 11 is 12.1. The van der Waals surface area contributed by atoms with Crippen LogP contribution in [0.3, 0.4) is 0 Å². The first kappa shape index (κ1) is 14.2. The molecule has 0 spiro atoms. The van der Waals surface area contributed by atoms with Gasteiger partial charge in [-0.05, 0) is 43.7 Å². The van der Waals surface area contributed by atoms with Crippen molar-refractivity contribution in [1.82, 2.24) is 9.97 Å². The highest BCUT2D eigenvalue weighted by Crippen LogP contribution is 2.38. The number of aromatic nitrogens is 2. The lowest BCUT2D eigenvalue weighted by atomic mass is 9.76. The standard InChI is InChI=1S/C15H19Cl2N3/c1-2-9-3-5-15(18,6-4-9)14-19-12-7-10(16)11(17)8-13(12)20-14/h7-9H,2-6,18H2,1H3,(H,19,20). The van der Waals surface area contributed by atoms with Crippen LogP contribution in [0, 0.1) is 5.92 Å². The summed E-state index contributed by atoms with van der Waals surface area (Å²) in [4.78, 5) is 7.96. The van der Waals surface area contributed by atoms with Gasteiger partial charge >= 0.3 is 0 Å². The van der Waals surface area contributed by atoms with Gasteiger partial charge in [0.15, 0.2) is 0 Å². The fraction of sp³-hybridized carbons (Fsp3) is 0.533. The summed E-state index contributed by atoms with van der Waals surface area (Å²) in [6, 6.07) is 3.61. The zero-order valence-corrected chi connectivity index (χ0v) is 13.1. The van der Waals surface area contributed by atoms with Crippen molar-refractivity contribution in [3.05, 3.63) is 28.0 Å². The lowest BCUT2D eigenvalue weighted by Crippen LogP contribution is -2.41. The maximum atomic E-state index is 6.58. The summed E-state index contributed by atoms with van der Waals surface area (Å²) in [5.74, 6) is 1.67. The van der Waals surface area contributed by atoms with Crippen LogP contribution in [0.4, 0.5) is 0 Å². The zero-order chi connectivity index (χ0) is 14.3. The van der Waals surface area contributed by atoms with Crippen molar-refractivity contribution in [3.63, 3.8) is 0 Å². The third-order valence-corrected chi connectivity index (χ3v) is 5.29. The van der Waals surface area contributed by atoms with E-state index in [1.54, 1.807) is 6.07 Å². The number of imidazole rings is 1. The number of hydrogen-bond donors (Lipinski definition) is 2. The molecule has 0 unspecified atom stereocenters. The van der Waals surface area contributed by atoms with E-state index in [0.29, 0.717) is 10.0 Å². The van der Waals surface area contributed by atoms with Crippen molar-refractivity contribution < 1.29 is 0 Å². The Hall–Kier alpha value is -0.770. The molecule has 1 aromatic heterocycles. The maximum Gasteiger partial charge on any atom is 0.127 e. The average Bonchev–Trinajstić information content (AvgIpc) is 2.84. The molecule has 3 rings (SSSR count). The van der Waals surface area contributed by atoms with Crippen molar-refractivity contribution in [2.45, 2.75) is 44.6 Å². The highest BCUT2D eigenvalue weighted by atomic mass is 35.5. The number of nitrogens with two attached hydrogens (primary N) is 1. The molecule has 1 aliphatic carbocycles. The van der Waals surface area contributed by atoms with Crippen molar-refractivity contribution >= 4 is 34.2 Å². The molecule has 3 N–H and O–H groups in total. The molecule has 20 heavy (non-hydrogen) atoms. The molecule has 1 saturated carbocycles. The molecule has 0 saturated heterocycles. The second kappa shape index (κ2) is 5.21. The van der Waals surface area contributed by atoms with Gasteiger partial charge in [-0.1, -0.05) is 36.5 Å². The van der Waals surface area contributed by atoms with Crippen LogP contribution in [0.5, 0.6) is 0 Å². The SMILES string of the molecule is CCC1CCC(N)(c2nc3cc(Cl)c(Cl)cc3[nH]2)CC1. The second-order valence-electron chi connectivity index (χ2n) is 5.88. The van der Waals surface area contributed by atoms with Crippen LogP contribution < -0.4 is 5.73 Å². The van der Waals surface area contributed by atoms with Crippen LogP contribution in [0.15, 0.2) is 12.1 Å². The Labute approximate surface area is 128 Å². The monoisotopic (exact) mass is 311 g/mol. The van der Waals surface area contributed by atoms with E-state index >= 15 is 0 Å². The summed E-state index contributed by atoms with van der Waals surface area (Å²) in [6.07, 6.45) is 5.54. The molecule has 1 heterocycles. The lowest BCUT2D eigenvalue weighted by molar-refractivity contribution is 0.223. The number of fused-ring (bicyclic) bond motifs is 1. The predicted octanol–water partition coefficient (Wildman–Crippen LogP) is 4.62. The second-order valence-corrected chi connectivity index (χ2v) is 6.69. The molecule has 1 aromatic carbocycles. The Morgan fingerprint density at radius 3 is 2.60 bits per heavy atom. The van der Waals surface area contributed by atoms with Crippen LogP contribution in [0.1, 0.15) is 44.9 Å². The van der Waals surface area contributed by atoms with Crippen LogP contribution in [0.25, 0.3) is 11.0 Å². The first-order valence-electron chi connectivity index (χ1n) is 7.16. The Balaban J connectivity index is 1.94. The van der Waals surface area contributed by atoms with E-state index in [2.05, 4.69) is 16.9 Å². The molecule has 0 bridgehead atoms. The summed E-state index contributed by atoms with van der Waals surface area (Å²) in [5, 5.41) is 1.06. The van der Waals surface area contributed by atoms with Crippen LogP contribution >= 0.6 is 23.2 Å². The van der Waals surface area contributed by atoms with Gasteiger partial charge in [-0.3, -0.25) is 0 Å². The first-order valence-corrected chi connectivity index (χ1v) is 7.91. The number of hydrogen-bond acceptors (Lipinski definition) is 2. The quantitative estimate of drug-likeness (QED) is 0.850. The Morgan fingerprint density at radius 2 is 1.95 bits per heavy atom. The number of H-pyrrole nitrogens is 1. The third kappa shape index (κ3) is 2.43. The van der Waals surface area contributed by atoms with E-state index in [-0.39, 0.29) is 5.54 Å². The molecule has 2 aromatic rings. The summed E-state index contributed by atoms with van der Waals surface area (Å²) < 4.78 is 0. The highest BCUT2D eigenvalue weighted by molar-refractivity contribution is 6.42. The van der Waals surface area contributed by atoms with E-state index in [1.165, 1.54) is 19.3 Å². The van der Waals surface area contributed by atoms with Gasteiger partial charge < -0.3 is 10.7 Å². The fourth-order valence-electron chi connectivity index (χ4n) is 3.08. The largest absolute Gasteiger partial charge is 0.340 e. The molecular formula is C15H19Cl2N3. The molecule has 3 nitrogen and oxygen atoms in total. The predicted molar refractivity (Wildman–Crippen MR) is 84.2 cm³/mol. The van der Waals surface area contributed by atoms with Gasteiger partial charge in [0.1, 0.15) is 5.82 Å². The number of nitrogens with one attached hydrogen (secondary N) is 1. The van der Waals surface area contributed by atoms with Crippen LogP contribution in [0.2, 0.25) is 10.0 Å². The molecule has 0 aliphatic heterocycles. The Bertz CT molecular complexity index is 588. The summed E-state index contributed by atoms with van der Waals surface area (Å²) in [5.41, 5.74) is 7.96. The number of aromatic amines is 1. The van der Waals surface area contributed by atoms with E-state index in [9.17, 15) is 0 Å². The molecule has 0 amide bonds. The lowest BCUT2D eigenvalue weighted by Gasteiger charge is -2.35. The Kier molecular flexibility index (Phi) is 3.69. The molecule has 0 radical (unpaired) electrons. The molecular weight excluding hydrogens is 293 g/mol. The molecule has 1 fully saturated rings. The van der Waals surface area contributed by atoms with Gasteiger partial charge in [-0.2, -0.15) is 0 Å². The number of nitrogens with zero attached hydrogens (tertiary/aromatic N) is 1. The molecule has 1 aliphatic rings. The fourth-order valence-corrected chi connectivity index (χ4v) is 3.40. The van der Waals surface area contributed by atoms with Crippen LogP contribution in [-0.2, 0) is 5.54 Å². The van der Waals surface area contributed by atoms with Crippen molar-refractivity contribution in [3.8, 4) is 0 Å². The Morgan fingerprint density at radius 1 is 1.30 bits per heavy atom. The number of benzene rings is 1. The first-order chi connectivity index (χ1) is 9.51. The minimum atomic E-state index is -0.344. The topological polar surface area (TPSA) is 54.7 Å². The smallest absolute Gasteiger partial charge is 0.127 e. The van der Waals surface area contributed by atoms with Gasteiger partial charge in [0, 0.05) is 0 Å².